The lowest BCUT2D eigenvalue weighted by atomic mass is 10.1. The first-order valence-electron chi connectivity index (χ1n) is 11.6. The van der Waals surface area contributed by atoms with E-state index in [-0.39, 0.29) is 5.91 Å². The third kappa shape index (κ3) is 13.6. The maximum absolute atomic E-state index is 11.5. The minimum absolute atomic E-state index is 0.0801. The number of likely N-dealkylation sites (tertiary alicyclic amines) is 1. The predicted octanol–water partition coefficient (Wildman–Crippen LogP) is 5.89. The second-order valence-electron chi connectivity index (χ2n) is 7.94. The molecule has 0 aliphatic carbocycles. The van der Waals surface area contributed by atoms with Gasteiger partial charge in [0, 0.05) is 25.9 Å². The van der Waals surface area contributed by atoms with Gasteiger partial charge in [0.15, 0.2) is 0 Å². The summed E-state index contributed by atoms with van der Waals surface area (Å²) in [5.41, 5.74) is 0. The Hall–Kier alpha value is -1.58. The molecule has 2 amide bonds. The summed E-state index contributed by atoms with van der Waals surface area (Å²) < 4.78 is 0. The van der Waals surface area contributed by atoms with Crippen LogP contribution in [0.2, 0.25) is 0 Å². The second kappa shape index (κ2) is 17.5. The molecule has 4 nitrogen and oxygen atoms in total. The molecule has 1 rings (SSSR count). The molecule has 0 aromatic rings. The summed E-state index contributed by atoms with van der Waals surface area (Å²) in [6, 6.07) is 0. The Kier molecular flexibility index (Phi) is 15.3. The number of amides is 2. The normalized spacial score (nSPS) is 14.1. The van der Waals surface area contributed by atoms with Gasteiger partial charge in [-0.2, -0.15) is 0 Å². The Morgan fingerprint density at radius 3 is 2.04 bits per heavy atom. The summed E-state index contributed by atoms with van der Waals surface area (Å²) >= 11 is 0. The topological polar surface area (TPSA) is 49.4 Å². The lowest BCUT2D eigenvalue weighted by molar-refractivity contribution is -0.127. The second-order valence-corrected chi connectivity index (χ2v) is 7.94. The highest BCUT2D eigenvalue weighted by molar-refractivity contribution is 5.78. The van der Waals surface area contributed by atoms with E-state index in [0.29, 0.717) is 12.3 Å². The van der Waals surface area contributed by atoms with E-state index >= 15 is 0 Å². The van der Waals surface area contributed by atoms with Crippen LogP contribution in [-0.4, -0.2) is 29.8 Å². The highest BCUT2D eigenvalue weighted by atomic mass is 16.2. The van der Waals surface area contributed by atoms with Gasteiger partial charge < -0.3 is 10.2 Å². The van der Waals surface area contributed by atoms with Gasteiger partial charge >= 0.3 is 0 Å². The van der Waals surface area contributed by atoms with Crippen molar-refractivity contribution in [2.75, 3.05) is 13.1 Å². The van der Waals surface area contributed by atoms with E-state index in [9.17, 15) is 9.59 Å². The maximum atomic E-state index is 11.5. The number of nitrogens with zero attached hydrogens (tertiary/aromatic N) is 1. The molecule has 0 atom stereocenters. The Morgan fingerprint density at radius 2 is 1.46 bits per heavy atom. The molecule has 1 heterocycles. The van der Waals surface area contributed by atoms with Crippen LogP contribution < -0.4 is 5.32 Å². The zero-order valence-corrected chi connectivity index (χ0v) is 17.9. The largest absolute Gasteiger partial charge is 0.343 e. The van der Waals surface area contributed by atoms with Crippen molar-refractivity contribution < 1.29 is 9.59 Å². The average molecular weight is 391 g/mol. The Labute approximate surface area is 172 Å². The third-order valence-corrected chi connectivity index (χ3v) is 5.42. The molecule has 0 bridgehead atoms. The van der Waals surface area contributed by atoms with E-state index in [1.165, 1.54) is 76.8 Å². The van der Waals surface area contributed by atoms with E-state index in [2.05, 4.69) is 24.0 Å². The lowest BCUT2D eigenvalue weighted by Crippen LogP contribution is -2.25. The molecule has 0 spiro atoms. The van der Waals surface area contributed by atoms with E-state index in [4.69, 9.17) is 0 Å². The van der Waals surface area contributed by atoms with Crippen molar-refractivity contribution in [3.05, 3.63) is 24.9 Å². The third-order valence-electron chi connectivity index (χ3n) is 5.42. The summed E-state index contributed by atoms with van der Waals surface area (Å²) in [5.74, 6) is 0.441. The monoisotopic (exact) mass is 390 g/mol. The van der Waals surface area contributed by atoms with Gasteiger partial charge in [-0.15, -0.1) is 0 Å². The van der Waals surface area contributed by atoms with Crippen molar-refractivity contribution >= 4 is 11.8 Å². The zero-order valence-electron chi connectivity index (χ0n) is 17.9. The summed E-state index contributed by atoms with van der Waals surface area (Å²) in [6.07, 6.45) is 24.5. The van der Waals surface area contributed by atoms with Crippen molar-refractivity contribution in [1.29, 1.82) is 0 Å². The molecule has 0 aromatic heterocycles. The zero-order chi connectivity index (χ0) is 20.3. The predicted molar refractivity (Wildman–Crippen MR) is 118 cm³/mol. The van der Waals surface area contributed by atoms with Gasteiger partial charge in [0.25, 0.3) is 0 Å². The van der Waals surface area contributed by atoms with Crippen molar-refractivity contribution in [2.24, 2.45) is 0 Å². The number of nitrogens with one attached hydrogen (secondary N) is 1. The quantitative estimate of drug-likeness (QED) is 0.234. The van der Waals surface area contributed by atoms with Gasteiger partial charge in [-0.3, -0.25) is 9.59 Å². The molecule has 1 fully saturated rings. The maximum Gasteiger partial charge on any atom is 0.223 e. The fraction of sp³-hybridized carbons (Fsp3) is 0.750. The summed E-state index contributed by atoms with van der Waals surface area (Å²) in [5, 5.41) is 2.61. The SMILES string of the molecule is C=CNC(=O)CCCCCCC/C=C\CCCCCCCCN1CCCC1=O. The van der Waals surface area contributed by atoms with Crippen LogP contribution in [0.4, 0.5) is 0 Å². The minimum Gasteiger partial charge on any atom is -0.343 e. The van der Waals surface area contributed by atoms with Gasteiger partial charge in [0.05, 0.1) is 0 Å². The molecule has 160 valence electrons. The number of allylic oxidation sites excluding steroid dienone is 2. The molecule has 4 heteroatoms. The lowest BCUT2D eigenvalue weighted by Gasteiger charge is -2.14. The molecule has 0 aromatic carbocycles. The van der Waals surface area contributed by atoms with Crippen molar-refractivity contribution in [3.8, 4) is 0 Å². The van der Waals surface area contributed by atoms with Gasteiger partial charge in [-0.05, 0) is 51.1 Å². The molecular weight excluding hydrogens is 348 g/mol. The first kappa shape index (κ1) is 24.5. The molecule has 0 saturated carbocycles. The van der Waals surface area contributed by atoms with Gasteiger partial charge in [0.2, 0.25) is 11.8 Å². The molecule has 0 unspecified atom stereocenters. The van der Waals surface area contributed by atoms with E-state index in [1.807, 2.05) is 4.90 Å². The first-order chi connectivity index (χ1) is 13.7. The number of carbonyl (C=O) groups excluding carboxylic acids is 2. The number of carbonyl (C=O) groups is 2. The summed E-state index contributed by atoms with van der Waals surface area (Å²) in [7, 11) is 0. The van der Waals surface area contributed by atoms with Crippen LogP contribution in [0, 0.1) is 0 Å². The standard InChI is InChI=1S/C24H42N2O2/c1-2-25-23(27)19-16-14-12-10-8-6-4-3-5-7-9-11-13-15-17-21-26-22-18-20-24(26)28/h2-4H,1,5-22H2,(H,25,27)/b4-3-. The molecule has 1 saturated heterocycles. The Balaban J connectivity index is 1.74. The molecular formula is C24H42N2O2. The van der Waals surface area contributed by atoms with E-state index in [1.54, 1.807) is 0 Å². The van der Waals surface area contributed by atoms with Crippen LogP contribution >= 0.6 is 0 Å². The minimum atomic E-state index is 0.0801. The summed E-state index contributed by atoms with van der Waals surface area (Å²) in [6.45, 7) is 5.45. The number of unbranched alkanes of at least 4 members (excludes halogenated alkanes) is 11. The smallest absolute Gasteiger partial charge is 0.223 e. The molecule has 28 heavy (non-hydrogen) atoms. The summed E-state index contributed by atoms with van der Waals surface area (Å²) in [4.78, 5) is 24.8. The number of rotatable bonds is 18. The number of hydrogen-bond donors (Lipinski definition) is 1. The average Bonchev–Trinajstić information content (AvgIpc) is 3.09. The van der Waals surface area contributed by atoms with Gasteiger partial charge in [-0.1, -0.05) is 63.7 Å². The molecule has 0 radical (unpaired) electrons. The molecule has 1 N–H and O–H groups in total. The van der Waals surface area contributed by atoms with Crippen LogP contribution in [0.15, 0.2) is 24.9 Å². The molecule has 1 aliphatic heterocycles. The van der Waals surface area contributed by atoms with Crippen LogP contribution in [0.5, 0.6) is 0 Å². The van der Waals surface area contributed by atoms with Crippen LogP contribution in [0.25, 0.3) is 0 Å². The Morgan fingerprint density at radius 1 is 0.893 bits per heavy atom. The highest BCUT2D eigenvalue weighted by Crippen LogP contribution is 2.13. The molecule has 1 aliphatic rings. The van der Waals surface area contributed by atoms with E-state index in [0.717, 1.165) is 38.8 Å². The highest BCUT2D eigenvalue weighted by Gasteiger charge is 2.18. The number of hydrogen-bond acceptors (Lipinski definition) is 2. The van der Waals surface area contributed by atoms with Crippen molar-refractivity contribution in [2.45, 2.75) is 103 Å². The first-order valence-corrected chi connectivity index (χ1v) is 11.6. The van der Waals surface area contributed by atoms with Crippen LogP contribution in [-0.2, 0) is 9.59 Å². The van der Waals surface area contributed by atoms with Gasteiger partial charge in [0.1, 0.15) is 0 Å². The van der Waals surface area contributed by atoms with Crippen LogP contribution in [0.3, 0.4) is 0 Å². The Bertz CT molecular complexity index is 460. The van der Waals surface area contributed by atoms with Crippen molar-refractivity contribution in [1.82, 2.24) is 10.2 Å². The van der Waals surface area contributed by atoms with Crippen LogP contribution in [0.1, 0.15) is 103 Å². The van der Waals surface area contributed by atoms with E-state index < -0.39 is 0 Å². The fourth-order valence-corrected chi connectivity index (χ4v) is 3.71. The fourth-order valence-electron chi connectivity index (χ4n) is 3.71. The van der Waals surface area contributed by atoms with Crippen molar-refractivity contribution in [3.63, 3.8) is 0 Å². The van der Waals surface area contributed by atoms with Gasteiger partial charge in [-0.25, -0.2) is 0 Å².